The first-order chi connectivity index (χ1) is 27.0. The summed E-state index contributed by atoms with van der Waals surface area (Å²) in [5.74, 6) is 1.79. The molecule has 0 fully saturated rings. The van der Waals surface area contributed by atoms with Gasteiger partial charge < -0.3 is 4.42 Å². The molecule has 6 heteroatoms. The van der Waals surface area contributed by atoms with Gasteiger partial charge >= 0.3 is 0 Å². The quantitative estimate of drug-likeness (QED) is 0.177. The highest BCUT2D eigenvalue weighted by molar-refractivity contribution is 7.21. The summed E-state index contributed by atoms with van der Waals surface area (Å²) in [7, 11) is 0. The molecule has 3 heterocycles. The number of hydrogen-bond donors (Lipinski definition) is 0. The second-order valence-electron chi connectivity index (χ2n) is 14.7. The third-order valence-corrected chi connectivity index (χ3v) is 12.1. The number of nitrogens with zero attached hydrogens (tertiary/aromatic N) is 4. The summed E-state index contributed by atoms with van der Waals surface area (Å²) in [6.07, 6.45) is 0. The van der Waals surface area contributed by atoms with Gasteiger partial charge in [-0.1, -0.05) is 129 Å². The van der Waals surface area contributed by atoms with Crippen LogP contribution < -0.4 is 0 Å². The zero-order chi connectivity index (χ0) is 36.7. The van der Waals surface area contributed by atoms with Crippen LogP contribution in [0, 0.1) is 0 Å². The molecule has 3 aromatic heterocycles. The molecule has 260 valence electrons. The van der Waals surface area contributed by atoms with Crippen molar-refractivity contribution in [1.29, 1.82) is 0 Å². The van der Waals surface area contributed by atoms with Crippen molar-refractivity contribution in [2.45, 2.75) is 19.3 Å². The normalized spacial score (nSPS) is 13.1. The maximum Gasteiger partial charge on any atom is 0.166 e. The summed E-state index contributed by atoms with van der Waals surface area (Å²) >= 11 is 1.68. The van der Waals surface area contributed by atoms with E-state index in [4.69, 9.17) is 24.4 Å². The van der Waals surface area contributed by atoms with Crippen molar-refractivity contribution >= 4 is 43.5 Å². The van der Waals surface area contributed by atoms with E-state index in [0.717, 1.165) is 59.4 Å². The molecule has 0 amide bonds. The fourth-order valence-corrected chi connectivity index (χ4v) is 9.15. The van der Waals surface area contributed by atoms with E-state index < -0.39 is 0 Å². The zero-order valence-electron chi connectivity index (χ0n) is 30.1. The van der Waals surface area contributed by atoms with Gasteiger partial charge in [-0.25, -0.2) is 19.9 Å². The minimum absolute atomic E-state index is 0.0377. The number of fused-ring (bicyclic) bond motifs is 7. The lowest BCUT2D eigenvalue weighted by molar-refractivity contribution is 0.660. The second kappa shape index (κ2) is 12.1. The molecule has 0 saturated heterocycles. The summed E-state index contributed by atoms with van der Waals surface area (Å²) in [4.78, 5) is 20.4. The summed E-state index contributed by atoms with van der Waals surface area (Å²) in [6.45, 7) is 4.65. The maximum atomic E-state index is 6.12. The first-order valence-electron chi connectivity index (χ1n) is 18.5. The Labute approximate surface area is 321 Å². The van der Waals surface area contributed by atoms with Crippen LogP contribution in [0.5, 0.6) is 0 Å². The van der Waals surface area contributed by atoms with Crippen LogP contribution in [0.1, 0.15) is 25.0 Å². The van der Waals surface area contributed by atoms with Gasteiger partial charge in [0.05, 0.1) is 10.2 Å². The van der Waals surface area contributed by atoms with Crippen molar-refractivity contribution < 1.29 is 4.42 Å². The lowest BCUT2D eigenvalue weighted by Crippen LogP contribution is -2.14. The third-order valence-electron chi connectivity index (χ3n) is 11.0. The maximum absolute atomic E-state index is 6.12. The lowest BCUT2D eigenvalue weighted by Gasteiger charge is -2.22. The number of benzene rings is 7. The lowest BCUT2D eigenvalue weighted by atomic mass is 9.81. The molecule has 0 radical (unpaired) electrons. The molecule has 10 aromatic rings. The van der Waals surface area contributed by atoms with Crippen molar-refractivity contribution in [2.24, 2.45) is 0 Å². The fourth-order valence-electron chi connectivity index (χ4n) is 8.15. The minimum atomic E-state index is -0.0377. The highest BCUT2D eigenvalue weighted by Gasteiger charge is 2.35. The van der Waals surface area contributed by atoms with Crippen molar-refractivity contribution in [3.63, 3.8) is 0 Å². The fraction of sp³-hybridized carbons (Fsp3) is 0.0612. The molecule has 0 saturated carbocycles. The van der Waals surface area contributed by atoms with Crippen LogP contribution in [0.2, 0.25) is 0 Å². The summed E-state index contributed by atoms with van der Waals surface area (Å²) in [6, 6.07) is 55.0. The summed E-state index contributed by atoms with van der Waals surface area (Å²) < 4.78 is 7.19. The molecular formula is C49H32N4OS. The van der Waals surface area contributed by atoms with Gasteiger partial charge in [-0.05, 0) is 75.8 Å². The van der Waals surface area contributed by atoms with E-state index in [2.05, 4.69) is 111 Å². The Bertz CT molecular complexity index is 3120. The molecule has 0 aliphatic heterocycles. The van der Waals surface area contributed by atoms with Crippen molar-refractivity contribution in [3.05, 3.63) is 169 Å². The topological polar surface area (TPSA) is 64.7 Å². The van der Waals surface area contributed by atoms with Gasteiger partial charge in [0.25, 0.3) is 0 Å². The van der Waals surface area contributed by atoms with E-state index in [1.54, 1.807) is 11.3 Å². The van der Waals surface area contributed by atoms with Gasteiger partial charge in [0.15, 0.2) is 17.5 Å². The average Bonchev–Trinajstić information content (AvgIpc) is 3.91. The van der Waals surface area contributed by atoms with Crippen LogP contribution in [0.4, 0.5) is 0 Å². The molecule has 7 aromatic carbocycles. The van der Waals surface area contributed by atoms with Crippen LogP contribution in [-0.2, 0) is 5.41 Å². The van der Waals surface area contributed by atoms with Gasteiger partial charge in [-0.2, -0.15) is 0 Å². The van der Waals surface area contributed by atoms with Crippen LogP contribution in [-0.4, -0.2) is 19.9 Å². The second-order valence-corrected chi connectivity index (χ2v) is 15.7. The molecule has 0 N–H and O–H groups in total. The van der Waals surface area contributed by atoms with Gasteiger partial charge in [0.1, 0.15) is 16.2 Å². The van der Waals surface area contributed by atoms with Crippen molar-refractivity contribution in [2.75, 3.05) is 0 Å². The monoisotopic (exact) mass is 724 g/mol. The molecule has 55 heavy (non-hydrogen) atoms. The summed E-state index contributed by atoms with van der Waals surface area (Å²) in [5, 5.41) is 3.04. The molecule has 5 nitrogen and oxygen atoms in total. The Morgan fingerprint density at radius 3 is 1.96 bits per heavy atom. The highest BCUT2D eigenvalue weighted by Crippen LogP contribution is 2.49. The molecule has 11 rings (SSSR count). The third kappa shape index (κ3) is 5.13. The Morgan fingerprint density at radius 1 is 0.436 bits per heavy atom. The molecular weight excluding hydrogens is 693 g/mol. The van der Waals surface area contributed by atoms with Crippen molar-refractivity contribution in [3.8, 4) is 67.0 Å². The number of aromatic nitrogens is 4. The number of rotatable bonds is 5. The SMILES string of the molecule is CC1(C)c2ccccc2-c2ccc(-c3ccc(-c4nc5c(-c6nc(-c7ccccc7)nc(-c7ccc8oc9ccccc9c8c7)n6)cccc5s4)cc3)cc21. The Balaban J connectivity index is 0.978. The number of hydrogen-bond acceptors (Lipinski definition) is 6. The Kier molecular flexibility index (Phi) is 7.00. The van der Waals surface area contributed by atoms with Gasteiger partial charge in [0, 0.05) is 38.4 Å². The molecule has 0 atom stereocenters. The molecule has 0 unspecified atom stereocenters. The van der Waals surface area contributed by atoms with Crippen LogP contribution in [0.25, 0.3) is 99.1 Å². The highest BCUT2D eigenvalue weighted by atomic mass is 32.1. The average molecular weight is 725 g/mol. The van der Waals surface area contributed by atoms with Crippen LogP contribution >= 0.6 is 11.3 Å². The standard InChI is InChI=1S/C49H32N4OS/c1-49(2)39-16-8-6-13-34(39)35-25-23-32(28-40(35)49)29-19-21-31(22-20-29)48-50-44-37(15-10-18-43(44)55-48)47-52-45(30-11-4-3-5-12-30)51-46(53-47)33-24-26-42-38(27-33)36-14-7-9-17-41(36)54-42/h3-28H,1-2H3. The van der Waals surface area contributed by atoms with Crippen LogP contribution in [0.3, 0.4) is 0 Å². The van der Waals surface area contributed by atoms with Gasteiger partial charge in [-0.3, -0.25) is 0 Å². The molecule has 1 aliphatic rings. The summed E-state index contributed by atoms with van der Waals surface area (Å²) in [5.41, 5.74) is 14.1. The van der Waals surface area contributed by atoms with Crippen LogP contribution in [0.15, 0.2) is 162 Å². The van der Waals surface area contributed by atoms with E-state index >= 15 is 0 Å². The van der Waals surface area contributed by atoms with Crippen molar-refractivity contribution in [1.82, 2.24) is 19.9 Å². The predicted molar refractivity (Wildman–Crippen MR) is 225 cm³/mol. The van der Waals surface area contributed by atoms with Gasteiger partial charge in [-0.15, -0.1) is 11.3 Å². The van der Waals surface area contributed by atoms with E-state index in [-0.39, 0.29) is 5.41 Å². The molecule has 0 bridgehead atoms. The van der Waals surface area contributed by atoms with E-state index in [1.807, 2.05) is 60.7 Å². The predicted octanol–water partition coefficient (Wildman–Crippen LogP) is 13.0. The van der Waals surface area contributed by atoms with E-state index in [9.17, 15) is 0 Å². The number of thiazole rings is 1. The van der Waals surface area contributed by atoms with E-state index in [1.165, 1.54) is 33.4 Å². The van der Waals surface area contributed by atoms with E-state index in [0.29, 0.717) is 17.5 Å². The Hall–Kier alpha value is -6.76. The van der Waals surface area contributed by atoms with Gasteiger partial charge in [0.2, 0.25) is 0 Å². The Morgan fingerprint density at radius 2 is 1.09 bits per heavy atom. The minimum Gasteiger partial charge on any atom is -0.456 e. The molecule has 1 aliphatic carbocycles. The number of furan rings is 1. The zero-order valence-corrected chi connectivity index (χ0v) is 30.9. The molecule has 0 spiro atoms. The first-order valence-corrected chi connectivity index (χ1v) is 19.3. The first kappa shape index (κ1) is 31.7. The number of para-hydroxylation sites is 2. The smallest absolute Gasteiger partial charge is 0.166 e. The largest absolute Gasteiger partial charge is 0.456 e.